The molecule has 294 valence electrons. The summed E-state index contributed by atoms with van der Waals surface area (Å²) in [6.45, 7) is 4.78. The first-order valence-corrected chi connectivity index (χ1v) is 22.1. The van der Waals surface area contributed by atoms with Crippen molar-refractivity contribution in [1.29, 1.82) is 0 Å². The van der Waals surface area contributed by atoms with Crippen LogP contribution in [0.25, 0.3) is 0 Å². The molecule has 1 atom stereocenters. The number of hydrogen-bond acceptors (Lipinski definition) is 6. The van der Waals surface area contributed by atoms with E-state index in [2.05, 4.69) is 13.8 Å². The van der Waals surface area contributed by atoms with E-state index in [1.165, 1.54) is 161 Å². The van der Waals surface area contributed by atoms with E-state index in [0.29, 0.717) is 12.8 Å². The summed E-state index contributed by atoms with van der Waals surface area (Å²) in [6, 6.07) is 0. The zero-order chi connectivity index (χ0) is 35.4. The van der Waals surface area contributed by atoms with E-state index < -0.39 is 33.7 Å². The van der Waals surface area contributed by atoms with Crippen molar-refractivity contribution in [1.82, 2.24) is 0 Å². The predicted molar refractivity (Wildman–Crippen MR) is 205 cm³/mol. The molecule has 52 heavy (non-hydrogen) atoms. The molecule has 7 nitrogen and oxygen atoms in total. The molecule has 0 aromatic heterocycles. The van der Waals surface area contributed by atoms with Gasteiger partial charge in [-0.05, 0) is 12.8 Å². The maximum atomic E-state index is 12.3. The second-order valence-corrected chi connectivity index (χ2v) is 15.8. The molecule has 0 spiro atoms. The first kappa shape index (κ1) is 64.0. The second kappa shape index (κ2) is 50.0. The zero-order valence-electron chi connectivity index (χ0n) is 39.6. The van der Waals surface area contributed by atoms with Crippen molar-refractivity contribution >= 4 is 22.1 Å². The van der Waals surface area contributed by atoms with Gasteiger partial charge in [0.2, 0.25) is 0 Å². The normalized spacial score (nSPS) is 11.4. The molecule has 0 fully saturated rings. The second-order valence-electron chi connectivity index (χ2n) is 14.2. The summed E-state index contributed by atoms with van der Waals surface area (Å²) in [5.74, 6) is -1.89. The Labute approximate surface area is 417 Å². The number of carbonyl (C=O) groups excluding carboxylic acids is 2. The molecule has 0 aliphatic carbocycles. The average Bonchev–Trinajstić information content (AvgIpc) is 3.05. The van der Waals surface area contributed by atoms with Gasteiger partial charge in [0.05, 0.1) is 19.6 Å². The molecule has 0 rings (SSSR count). The fraction of sp³-hybridized carbons (Fsp3) is 0.950. The van der Waals surface area contributed by atoms with E-state index in [0.717, 1.165) is 32.1 Å². The Hall–Kier alpha value is 2.85. The third kappa shape index (κ3) is 47.2. The Balaban J connectivity index is -0.000000394. The van der Waals surface area contributed by atoms with Crippen LogP contribution in [0, 0.1) is 0 Å². The number of carbonyl (C=O) groups is 2. The van der Waals surface area contributed by atoms with Gasteiger partial charge in [-0.1, -0.05) is 206 Å². The van der Waals surface area contributed by atoms with Crippen molar-refractivity contribution in [2.24, 2.45) is 0 Å². The van der Waals surface area contributed by atoms with E-state index in [1.54, 1.807) is 0 Å². The molecular weight excluding hydrogens is 716 g/mol. The standard InChI is InChI=1S/C40H78O7S.4Na.4H/c1-3-5-7-9-11-13-15-17-19-21-23-25-27-29-31-33-35-46-39(41)37-38(48(43,44)45)40(42)47-36-34-32-30-28-26-24-22-20-18-16-14-12-10-8-6-4-2;;;;;;;;/h38H,3-37H2,1-2H3,(H,43,44,45);;;;;;;;/q;4*+1;4*-1. The van der Waals surface area contributed by atoms with Gasteiger partial charge in [0.15, 0.2) is 5.25 Å². The molecule has 1 N–H and O–H groups in total. The molecule has 0 aromatic rings. The van der Waals surface area contributed by atoms with Crippen LogP contribution in [-0.2, 0) is 29.2 Å². The van der Waals surface area contributed by atoms with Crippen molar-refractivity contribution in [3.63, 3.8) is 0 Å². The summed E-state index contributed by atoms with van der Waals surface area (Å²) >= 11 is 0. The Morgan fingerprint density at radius 2 is 0.673 bits per heavy atom. The van der Waals surface area contributed by atoms with Gasteiger partial charge in [0, 0.05) is 0 Å². The van der Waals surface area contributed by atoms with Gasteiger partial charge in [-0.15, -0.1) is 0 Å². The fourth-order valence-electron chi connectivity index (χ4n) is 6.27. The van der Waals surface area contributed by atoms with Crippen LogP contribution < -0.4 is 118 Å². The third-order valence-electron chi connectivity index (χ3n) is 9.48. The number of hydrogen-bond donors (Lipinski definition) is 1. The summed E-state index contributed by atoms with van der Waals surface area (Å²) in [7, 11) is -4.77. The third-order valence-corrected chi connectivity index (χ3v) is 10.6. The maximum Gasteiger partial charge on any atom is 1.00 e. The minimum atomic E-state index is -4.77. The Morgan fingerprint density at radius 3 is 0.923 bits per heavy atom. The van der Waals surface area contributed by atoms with Crippen molar-refractivity contribution in [3.05, 3.63) is 0 Å². The molecule has 12 heteroatoms. The van der Waals surface area contributed by atoms with Crippen LogP contribution in [-0.4, -0.2) is 43.4 Å². The molecule has 1 unspecified atom stereocenters. The fourth-order valence-corrected chi connectivity index (χ4v) is 6.93. The molecule has 0 amide bonds. The van der Waals surface area contributed by atoms with E-state index in [-0.39, 0.29) is 137 Å². The summed E-state index contributed by atoms with van der Waals surface area (Å²) < 4.78 is 43.3. The van der Waals surface area contributed by atoms with Crippen molar-refractivity contribution < 1.29 is 156 Å². The summed E-state index contributed by atoms with van der Waals surface area (Å²) in [5.41, 5.74) is 0. The molecule has 0 aliphatic heterocycles. The number of esters is 2. The van der Waals surface area contributed by atoms with Gasteiger partial charge >= 0.3 is 130 Å². The van der Waals surface area contributed by atoms with Gasteiger partial charge < -0.3 is 15.2 Å². The first-order valence-electron chi connectivity index (χ1n) is 20.6. The molecule has 0 radical (unpaired) electrons. The summed E-state index contributed by atoms with van der Waals surface area (Å²) in [6.07, 6.45) is 39.0. The van der Waals surface area contributed by atoms with Crippen LogP contribution in [0.5, 0.6) is 0 Å². The van der Waals surface area contributed by atoms with Crippen LogP contribution in [0.2, 0.25) is 0 Å². The quantitative estimate of drug-likeness (QED) is 0.0425. The van der Waals surface area contributed by atoms with Crippen LogP contribution >= 0.6 is 0 Å². The Morgan fingerprint density at radius 1 is 0.442 bits per heavy atom. The van der Waals surface area contributed by atoms with Gasteiger partial charge in [0.25, 0.3) is 10.1 Å². The molecule has 0 heterocycles. The van der Waals surface area contributed by atoms with Crippen LogP contribution in [0.1, 0.15) is 231 Å². The average molecular weight is 799 g/mol. The van der Waals surface area contributed by atoms with E-state index >= 15 is 0 Å². The van der Waals surface area contributed by atoms with Gasteiger partial charge in [-0.3, -0.25) is 14.1 Å². The summed E-state index contributed by atoms with van der Waals surface area (Å²) in [5, 5.41) is -1.93. The van der Waals surface area contributed by atoms with E-state index in [9.17, 15) is 22.6 Å². The van der Waals surface area contributed by atoms with Crippen LogP contribution in [0.4, 0.5) is 0 Å². The first-order chi connectivity index (χ1) is 23.3. The summed E-state index contributed by atoms with van der Waals surface area (Å²) in [4.78, 5) is 24.5. The number of unbranched alkanes of at least 4 members (excludes halogenated alkanes) is 30. The van der Waals surface area contributed by atoms with Gasteiger partial charge in [0.1, 0.15) is 0 Å². The SMILES string of the molecule is CCCCCCCCCCCCCCCCCCOC(=O)CC(C(=O)OCCCCCCCCCCCCCCCCCC)S(=O)(=O)O.[H-].[H-].[H-].[H-].[Na+].[Na+].[Na+].[Na+]. The number of ether oxygens (including phenoxy) is 2. The molecule has 0 aliphatic rings. The molecule has 0 bridgehead atoms. The smallest absolute Gasteiger partial charge is 1.00 e. The predicted octanol–water partition coefficient (Wildman–Crippen LogP) is 0.708. The molecular formula is C40H82Na4O7S. The van der Waals surface area contributed by atoms with Gasteiger partial charge in [-0.2, -0.15) is 8.42 Å². The number of rotatable bonds is 38. The topological polar surface area (TPSA) is 107 Å². The Kier molecular flexibility index (Phi) is 61.5. The molecule has 0 saturated carbocycles. The molecule has 0 saturated heterocycles. The van der Waals surface area contributed by atoms with Crippen molar-refractivity contribution in [2.75, 3.05) is 13.2 Å². The minimum Gasteiger partial charge on any atom is -1.00 e. The monoisotopic (exact) mass is 799 g/mol. The van der Waals surface area contributed by atoms with Crippen molar-refractivity contribution in [2.45, 2.75) is 231 Å². The van der Waals surface area contributed by atoms with Crippen LogP contribution in [0.3, 0.4) is 0 Å². The van der Waals surface area contributed by atoms with Crippen molar-refractivity contribution in [3.8, 4) is 0 Å². The maximum absolute atomic E-state index is 12.3. The Bertz CT molecular complexity index is 856. The van der Waals surface area contributed by atoms with E-state index in [1.807, 2.05) is 0 Å². The van der Waals surface area contributed by atoms with Gasteiger partial charge in [-0.25, -0.2) is 0 Å². The minimum absolute atomic E-state index is 0. The largest absolute Gasteiger partial charge is 1.00 e. The van der Waals surface area contributed by atoms with Crippen LogP contribution in [0.15, 0.2) is 0 Å². The molecule has 0 aromatic carbocycles. The zero-order valence-corrected chi connectivity index (χ0v) is 44.4. The van der Waals surface area contributed by atoms with E-state index in [4.69, 9.17) is 9.47 Å².